The maximum atomic E-state index is 9.99. The lowest BCUT2D eigenvalue weighted by molar-refractivity contribution is 0.0955. The van der Waals surface area contributed by atoms with Crippen LogP contribution in [0.4, 0.5) is 5.13 Å². The molecule has 0 saturated heterocycles. The van der Waals surface area contributed by atoms with E-state index in [-0.39, 0.29) is 0 Å². The number of hydrogen-bond donors (Lipinski definition) is 1. The van der Waals surface area contributed by atoms with E-state index in [1.54, 1.807) is 12.2 Å². The van der Waals surface area contributed by atoms with Gasteiger partial charge < -0.3 is 5.11 Å². The molecule has 1 aliphatic rings. The summed E-state index contributed by atoms with van der Waals surface area (Å²) in [6.07, 6.45) is 7.58. The van der Waals surface area contributed by atoms with Crippen LogP contribution in [-0.4, -0.2) is 15.8 Å². The third-order valence-corrected chi connectivity index (χ3v) is 3.31. The summed E-state index contributed by atoms with van der Waals surface area (Å²) in [6.45, 7) is 3.92. The highest BCUT2D eigenvalue weighted by Gasteiger charge is 2.22. The van der Waals surface area contributed by atoms with Crippen molar-refractivity contribution in [3.63, 3.8) is 0 Å². The number of nitrogens with zero attached hydrogens (tertiary/aromatic N) is 3. The molecule has 1 aromatic heterocycles. The zero-order valence-corrected chi connectivity index (χ0v) is 10.0. The van der Waals surface area contributed by atoms with Gasteiger partial charge in [-0.1, -0.05) is 29.6 Å². The van der Waals surface area contributed by atoms with Crippen molar-refractivity contribution in [1.82, 2.24) is 4.98 Å². The second kappa shape index (κ2) is 4.27. The molecule has 5 heteroatoms. The summed E-state index contributed by atoms with van der Waals surface area (Å²) in [4.78, 5) is 5.36. The zero-order valence-electron chi connectivity index (χ0n) is 9.21. The number of rotatable bonds is 2. The zero-order chi connectivity index (χ0) is 11.6. The minimum atomic E-state index is -1.21. The first-order valence-electron chi connectivity index (χ1n) is 5.03. The van der Waals surface area contributed by atoms with Crippen LogP contribution in [-0.2, 0) is 0 Å². The summed E-state index contributed by atoms with van der Waals surface area (Å²) < 4.78 is 0. The summed E-state index contributed by atoms with van der Waals surface area (Å²) in [5.41, 5.74) is -0.243. The Morgan fingerprint density at radius 1 is 1.44 bits per heavy atom. The van der Waals surface area contributed by atoms with Crippen LogP contribution in [0.5, 0.6) is 0 Å². The van der Waals surface area contributed by atoms with Crippen molar-refractivity contribution >= 4 is 16.5 Å². The average molecular weight is 235 g/mol. The first-order chi connectivity index (χ1) is 7.59. The van der Waals surface area contributed by atoms with E-state index in [0.29, 0.717) is 11.6 Å². The molecule has 0 fully saturated rings. The number of azo groups is 1. The quantitative estimate of drug-likeness (QED) is 0.801. The van der Waals surface area contributed by atoms with E-state index in [4.69, 9.17) is 0 Å². The molecule has 2 rings (SSSR count). The lowest BCUT2D eigenvalue weighted by Crippen LogP contribution is -2.22. The van der Waals surface area contributed by atoms with Gasteiger partial charge in [0.05, 0.1) is 5.69 Å². The molecule has 1 heterocycles. The molecule has 1 atom stereocenters. The van der Waals surface area contributed by atoms with Gasteiger partial charge in [-0.05, 0) is 19.9 Å². The van der Waals surface area contributed by atoms with Gasteiger partial charge in [0.25, 0.3) is 0 Å². The summed E-state index contributed by atoms with van der Waals surface area (Å²) in [5.74, 6) is 0. The number of aromatic nitrogens is 1. The number of thiazole rings is 1. The fourth-order valence-electron chi connectivity index (χ4n) is 1.30. The Bertz CT molecular complexity index is 456. The topological polar surface area (TPSA) is 57.8 Å². The molecule has 0 amide bonds. The molecule has 84 valence electrons. The highest BCUT2D eigenvalue weighted by atomic mass is 32.1. The Kier molecular flexibility index (Phi) is 2.98. The van der Waals surface area contributed by atoms with Gasteiger partial charge in [0.1, 0.15) is 0 Å². The van der Waals surface area contributed by atoms with Crippen LogP contribution in [0, 0.1) is 13.8 Å². The number of aliphatic hydroxyl groups is 1. The van der Waals surface area contributed by atoms with E-state index in [9.17, 15) is 5.11 Å². The number of allylic oxidation sites excluding steroid dienone is 2. The second-order valence-corrected chi connectivity index (χ2v) is 4.89. The van der Waals surface area contributed by atoms with Gasteiger partial charge in [-0.2, -0.15) is 0 Å². The summed E-state index contributed by atoms with van der Waals surface area (Å²) in [7, 11) is 0. The Labute approximate surface area is 98.1 Å². The Morgan fingerprint density at radius 2 is 2.25 bits per heavy atom. The molecule has 0 radical (unpaired) electrons. The molecule has 0 spiro atoms. The van der Waals surface area contributed by atoms with Crippen LogP contribution in [0.3, 0.4) is 0 Å². The smallest absolute Gasteiger partial charge is 0.230 e. The number of aryl methyl sites for hydroxylation is 2. The fraction of sp³-hybridized carbons (Fsp3) is 0.364. The first kappa shape index (κ1) is 11.2. The molecule has 0 aliphatic heterocycles. The van der Waals surface area contributed by atoms with E-state index >= 15 is 0 Å². The lowest BCUT2D eigenvalue weighted by Gasteiger charge is -2.17. The third-order valence-electron chi connectivity index (χ3n) is 2.35. The van der Waals surface area contributed by atoms with Crippen LogP contribution in [0.15, 0.2) is 34.5 Å². The SMILES string of the molecule is Cc1nc(N=NC2(O)C=CC=CC2)sc1C. The van der Waals surface area contributed by atoms with Gasteiger partial charge in [0, 0.05) is 11.3 Å². The molecule has 1 N–H and O–H groups in total. The fourth-order valence-corrected chi connectivity index (χ4v) is 2.03. The summed E-state index contributed by atoms with van der Waals surface area (Å²) in [6, 6.07) is 0. The highest BCUT2D eigenvalue weighted by molar-refractivity contribution is 7.15. The minimum absolute atomic E-state index is 0.455. The van der Waals surface area contributed by atoms with Crippen LogP contribution in [0.25, 0.3) is 0 Å². The largest absolute Gasteiger partial charge is 0.364 e. The molecule has 1 aliphatic carbocycles. The van der Waals surface area contributed by atoms with E-state index in [2.05, 4.69) is 15.2 Å². The molecule has 0 saturated carbocycles. The number of hydrogen-bond acceptors (Lipinski definition) is 5. The maximum Gasteiger partial charge on any atom is 0.230 e. The van der Waals surface area contributed by atoms with Gasteiger partial charge in [-0.3, -0.25) is 0 Å². The van der Waals surface area contributed by atoms with E-state index in [0.717, 1.165) is 10.6 Å². The molecule has 4 nitrogen and oxygen atoms in total. The molecule has 0 bridgehead atoms. The van der Waals surface area contributed by atoms with Gasteiger partial charge in [-0.25, -0.2) is 4.98 Å². The van der Waals surface area contributed by atoms with Crippen molar-refractivity contribution < 1.29 is 5.11 Å². The van der Waals surface area contributed by atoms with Crippen LogP contribution in [0.1, 0.15) is 17.0 Å². The van der Waals surface area contributed by atoms with E-state index < -0.39 is 5.72 Å². The summed E-state index contributed by atoms with van der Waals surface area (Å²) in [5, 5.41) is 18.5. The van der Waals surface area contributed by atoms with Crippen molar-refractivity contribution in [2.45, 2.75) is 26.0 Å². The molecular formula is C11H13N3OS. The van der Waals surface area contributed by atoms with Crippen molar-refractivity contribution in [1.29, 1.82) is 0 Å². The predicted octanol–water partition coefficient (Wildman–Crippen LogP) is 3.05. The van der Waals surface area contributed by atoms with Gasteiger partial charge in [0.2, 0.25) is 5.13 Å². The van der Waals surface area contributed by atoms with E-state index in [1.807, 2.05) is 26.0 Å². The van der Waals surface area contributed by atoms with Gasteiger partial charge >= 0.3 is 0 Å². The molecule has 1 aromatic rings. The maximum absolute atomic E-state index is 9.99. The average Bonchev–Trinajstić information content (AvgIpc) is 2.57. The Balaban J connectivity index is 2.15. The third kappa shape index (κ3) is 2.43. The molecule has 1 unspecified atom stereocenters. The van der Waals surface area contributed by atoms with Crippen molar-refractivity contribution in [2.75, 3.05) is 0 Å². The van der Waals surface area contributed by atoms with E-state index in [1.165, 1.54) is 11.3 Å². The Hall–Kier alpha value is -1.33. The lowest BCUT2D eigenvalue weighted by atomic mass is 10.1. The minimum Gasteiger partial charge on any atom is -0.364 e. The summed E-state index contributed by atoms with van der Waals surface area (Å²) >= 11 is 1.48. The molecular weight excluding hydrogens is 222 g/mol. The standard InChI is InChI=1S/C11H13N3OS/c1-8-9(2)16-10(12-8)13-14-11(15)6-4-3-5-7-11/h3-6,15H,7H2,1-2H3. The molecule has 16 heavy (non-hydrogen) atoms. The van der Waals surface area contributed by atoms with Crippen LogP contribution < -0.4 is 0 Å². The monoisotopic (exact) mass is 235 g/mol. The Morgan fingerprint density at radius 3 is 2.81 bits per heavy atom. The van der Waals surface area contributed by atoms with Crippen molar-refractivity contribution in [3.05, 3.63) is 34.9 Å². The van der Waals surface area contributed by atoms with Gasteiger partial charge in [-0.15, -0.1) is 10.2 Å². The van der Waals surface area contributed by atoms with Crippen LogP contribution >= 0.6 is 11.3 Å². The first-order valence-corrected chi connectivity index (χ1v) is 5.84. The highest BCUT2D eigenvalue weighted by Crippen LogP contribution is 2.27. The second-order valence-electron chi connectivity index (χ2n) is 3.71. The van der Waals surface area contributed by atoms with Crippen molar-refractivity contribution in [2.24, 2.45) is 10.2 Å². The molecule has 0 aromatic carbocycles. The van der Waals surface area contributed by atoms with Crippen molar-refractivity contribution in [3.8, 4) is 0 Å². The predicted molar refractivity (Wildman–Crippen MR) is 64.0 cm³/mol. The van der Waals surface area contributed by atoms with Gasteiger partial charge in [0.15, 0.2) is 5.72 Å². The normalized spacial score (nSPS) is 24.4. The van der Waals surface area contributed by atoms with Crippen LogP contribution in [0.2, 0.25) is 0 Å².